The van der Waals surface area contributed by atoms with Crippen LogP contribution in [-0.2, 0) is 11.2 Å². The molecule has 0 saturated carbocycles. The number of amides is 1. The van der Waals surface area contributed by atoms with Gasteiger partial charge in [-0.1, -0.05) is 29.8 Å². The molecular weight excluding hydrogens is 372 g/mol. The monoisotopic (exact) mass is 388 g/mol. The van der Waals surface area contributed by atoms with Gasteiger partial charge >= 0.3 is 0 Å². The molecule has 0 fully saturated rings. The van der Waals surface area contributed by atoms with Gasteiger partial charge in [0.1, 0.15) is 16.5 Å². The van der Waals surface area contributed by atoms with Crippen LogP contribution in [0.15, 0.2) is 47.8 Å². The quantitative estimate of drug-likeness (QED) is 0.667. The Labute approximate surface area is 160 Å². The molecule has 0 saturated heterocycles. The lowest BCUT2D eigenvalue weighted by molar-refractivity contribution is -0.115. The lowest BCUT2D eigenvalue weighted by atomic mass is 10.2. The second-order valence-electron chi connectivity index (χ2n) is 5.45. The molecule has 0 aliphatic heterocycles. The van der Waals surface area contributed by atoms with Crippen LogP contribution in [0.4, 0.5) is 5.69 Å². The van der Waals surface area contributed by atoms with Crippen molar-refractivity contribution >= 4 is 34.5 Å². The number of hydrogen-bond acceptors (Lipinski definition) is 5. The Kier molecular flexibility index (Phi) is 5.75. The number of halogens is 1. The SMILES string of the molecule is COc1cc(NC(=O)Cc2csc(-c3ccccc3Cl)n2)cc(OC)c1. The number of ether oxygens (including phenoxy) is 2. The number of anilines is 1. The van der Waals surface area contributed by atoms with Gasteiger partial charge in [-0.05, 0) is 6.07 Å². The van der Waals surface area contributed by atoms with E-state index in [1.807, 2.05) is 29.6 Å². The van der Waals surface area contributed by atoms with Gasteiger partial charge in [-0.2, -0.15) is 0 Å². The fourth-order valence-electron chi connectivity index (χ4n) is 2.40. The molecule has 26 heavy (non-hydrogen) atoms. The van der Waals surface area contributed by atoms with E-state index >= 15 is 0 Å². The number of thiazole rings is 1. The lowest BCUT2D eigenvalue weighted by Crippen LogP contribution is -2.14. The van der Waals surface area contributed by atoms with Crippen molar-refractivity contribution in [1.29, 1.82) is 0 Å². The van der Waals surface area contributed by atoms with Crippen LogP contribution < -0.4 is 14.8 Å². The van der Waals surface area contributed by atoms with Crippen LogP contribution in [0.1, 0.15) is 5.69 Å². The first kappa shape index (κ1) is 18.2. The van der Waals surface area contributed by atoms with Gasteiger partial charge in [0.05, 0.1) is 31.4 Å². The number of carbonyl (C=O) groups is 1. The average Bonchev–Trinajstić information content (AvgIpc) is 3.09. The zero-order chi connectivity index (χ0) is 18.5. The summed E-state index contributed by atoms with van der Waals surface area (Å²) in [4.78, 5) is 16.9. The van der Waals surface area contributed by atoms with Crippen molar-refractivity contribution in [3.8, 4) is 22.1 Å². The van der Waals surface area contributed by atoms with Crippen molar-refractivity contribution in [2.75, 3.05) is 19.5 Å². The third-order valence-corrected chi connectivity index (χ3v) is 4.89. The molecule has 2 aromatic carbocycles. The molecule has 5 nitrogen and oxygen atoms in total. The summed E-state index contributed by atoms with van der Waals surface area (Å²) in [6.45, 7) is 0. The van der Waals surface area contributed by atoms with E-state index in [4.69, 9.17) is 21.1 Å². The predicted molar refractivity (Wildman–Crippen MR) is 104 cm³/mol. The Morgan fingerprint density at radius 1 is 1.15 bits per heavy atom. The highest BCUT2D eigenvalue weighted by Gasteiger charge is 2.12. The molecule has 0 atom stereocenters. The van der Waals surface area contributed by atoms with E-state index in [0.29, 0.717) is 27.9 Å². The molecule has 134 valence electrons. The zero-order valence-electron chi connectivity index (χ0n) is 14.3. The Morgan fingerprint density at radius 2 is 1.85 bits per heavy atom. The van der Waals surface area contributed by atoms with Gasteiger partial charge in [0.25, 0.3) is 0 Å². The van der Waals surface area contributed by atoms with E-state index in [9.17, 15) is 4.79 Å². The molecule has 3 rings (SSSR count). The van der Waals surface area contributed by atoms with E-state index < -0.39 is 0 Å². The third kappa shape index (κ3) is 4.33. The van der Waals surface area contributed by atoms with Crippen LogP contribution in [0, 0.1) is 0 Å². The number of benzene rings is 2. The molecule has 1 amide bonds. The Hall–Kier alpha value is -2.57. The fraction of sp³-hybridized carbons (Fsp3) is 0.158. The third-order valence-electron chi connectivity index (χ3n) is 3.63. The van der Waals surface area contributed by atoms with E-state index in [2.05, 4.69) is 10.3 Å². The van der Waals surface area contributed by atoms with Gasteiger partial charge < -0.3 is 14.8 Å². The summed E-state index contributed by atoms with van der Waals surface area (Å²) in [6.07, 6.45) is 0.167. The summed E-state index contributed by atoms with van der Waals surface area (Å²) in [5, 5.41) is 6.14. The van der Waals surface area contributed by atoms with Crippen LogP contribution in [0.5, 0.6) is 11.5 Å². The minimum atomic E-state index is -0.170. The van der Waals surface area contributed by atoms with Crippen molar-refractivity contribution in [3.05, 3.63) is 58.6 Å². The number of nitrogens with one attached hydrogen (secondary N) is 1. The zero-order valence-corrected chi connectivity index (χ0v) is 15.9. The van der Waals surface area contributed by atoms with Gasteiger partial charge in [0.15, 0.2) is 0 Å². The van der Waals surface area contributed by atoms with Crippen LogP contribution in [0.2, 0.25) is 5.02 Å². The predicted octanol–water partition coefficient (Wildman–Crippen LogP) is 4.66. The summed E-state index contributed by atoms with van der Waals surface area (Å²) in [5.41, 5.74) is 2.16. The second kappa shape index (κ2) is 8.21. The maximum atomic E-state index is 12.3. The highest BCUT2D eigenvalue weighted by Crippen LogP contribution is 2.30. The van der Waals surface area contributed by atoms with Gasteiger partial charge in [0.2, 0.25) is 5.91 Å². The second-order valence-corrected chi connectivity index (χ2v) is 6.72. The standard InChI is InChI=1S/C19H17ClN2O3S/c1-24-14-7-12(8-15(10-14)25-2)21-18(23)9-13-11-26-19(22-13)16-5-3-4-6-17(16)20/h3-8,10-11H,9H2,1-2H3,(H,21,23). The Balaban J connectivity index is 1.70. The van der Waals surface area contributed by atoms with Gasteiger partial charge in [0, 0.05) is 34.8 Å². The summed E-state index contributed by atoms with van der Waals surface area (Å²) >= 11 is 7.66. The lowest BCUT2D eigenvalue weighted by Gasteiger charge is -2.09. The normalized spacial score (nSPS) is 10.4. The number of hydrogen-bond donors (Lipinski definition) is 1. The maximum Gasteiger partial charge on any atom is 0.230 e. The first-order valence-corrected chi connectivity index (χ1v) is 9.07. The van der Waals surface area contributed by atoms with E-state index in [-0.39, 0.29) is 12.3 Å². The van der Waals surface area contributed by atoms with E-state index in [1.165, 1.54) is 11.3 Å². The molecule has 1 N–H and O–H groups in total. The van der Waals surface area contributed by atoms with Crippen molar-refractivity contribution in [2.24, 2.45) is 0 Å². The van der Waals surface area contributed by atoms with E-state index in [1.54, 1.807) is 32.4 Å². The van der Waals surface area contributed by atoms with Crippen molar-refractivity contribution in [1.82, 2.24) is 4.98 Å². The van der Waals surface area contributed by atoms with Crippen molar-refractivity contribution in [3.63, 3.8) is 0 Å². The molecule has 0 unspecified atom stereocenters. The minimum absolute atomic E-state index is 0.167. The van der Waals surface area contributed by atoms with Gasteiger partial charge in [-0.15, -0.1) is 11.3 Å². The fourth-order valence-corrected chi connectivity index (χ4v) is 3.54. The average molecular weight is 389 g/mol. The molecule has 3 aromatic rings. The van der Waals surface area contributed by atoms with Crippen molar-refractivity contribution in [2.45, 2.75) is 6.42 Å². The molecule has 0 aliphatic rings. The molecule has 0 aliphatic carbocycles. The molecule has 7 heteroatoms. The number of carbonyl (C=O) groups excluding carboxylic acids is 1. The largest absolute Gasteiger partial charge is 0.497 e. The summed E-state index contributed by atoms with van der Waals surface area (Å²) in [6, 6.07) is 12.7. The highest BCUT2D eigenvalue weighted by molar-refractivity contribution is 7.13. The molecule has 0 spiro atoms. The number of rotatable bonds is 6. The summed E-state index contributed by atoms with van der Waals surface area (Å²) < 4.78 is 10.4. The topological polar surface area (TPSA) is 60.5 Å². The first-order valence-electron chi connectivity index (χ1n) is 7.81. The van der Waals surface area contributed by atoms with Gasteiger partial charge in [-0.3, -0.25) is 4.79 Å². The summed E-state index contributed by atoms with van der Waals surface area (Å²) in [5.74, 6) is 1.04. The highest BCUT2D eigenvalue weighted by atomic mass is 35.5. The molecule has 0 bridgehead atoms. The van der Waals surface area contributed by atoms with Crippen molar-refractivity contribution < 1.29 is 14.3 Å². The van der Waals surface area contributed by atoms with E-state index in [0.717, 1.165) is 10.6 Å². The smallest absolute Gasteiger partial charge is 0.230 e. The summed E-state index contributed by atoms with van der Waals surface area (Å²) in [7, 11) is 3.12. The number of aromatic nitrogens is 1. The Bertz CT molecular complexity index is 904. The minimum Gasteiger partial charge on any atom is -0.497 e. The molecular formula is C19H17ClN2O3S. The van der Waals surface area contributed by atoms with Gasteiger partial charge in [-0.25, -0.2) is 4.98 Å². The first-order chi connectivity index (χ1) is 12.6. The molecule has 0 radical (unpaired) electrons. The molecule has 1 aromatic heterocycles. The molecule has 1 heterocycles. The number of methoxy groups -OCH3 is 2. The van der Waals surface area contributed by atoms with Crippen LogP contribution >= 0.6 is 22.9 Å². The Morgan fingerprint density at radius 3 is 2.50 bits per heavy atom. The van der Waals surface area contributed by atoms with Crippen LogP contribution in [0.3, 0.4) is 0 Å². The number of nitrogens with zero attached hydrogens (tertiary/aromatic N) is 1. The maximum absolute atomic E-state index is 12.3. The van der Waals surface area contributed by atoms with Crippen LogP contribution in [0.25, 0.3) is 10.6 Å². The van der Waals surface area contributed by atoms with Crippen LogP contribution in [-0.4, -0.2) is 25.1 Å².